The van der Waals surface area contributed by atoms with Crippen molar-refractivity contribution in [2.24, 2.45) is 0 Å². The summed E-state index contributed by atoms with van der Waals surface area (Å²) in [4.78, 5) is 0. The van der Waals surface area contributed by atoms with Crippen LogP contribution in [0.15, 0.2) is 127 Å². The average Bonchev–Trinajstić information content (AvgIpc) is 3.35. The quantitative estimate of drug-likeness (QED) is 0.216. The molecule has 0 atom stereocenters. The lowest BCUT2D eigenvalue weighted by Crippen LogP contribution is -2.40. The number of hydrogen-bond donors (Lipinski definition) is 1. The van der Waals surface area contributed by atoms with Crippen molar-refractivity contribution >= 4 is 17.4 Å². The summed E-state index contributed by atoms with van der Waals surface area (Å²) in [6.07, 6.45) is 8.34. The van der Waals surface area contributed by atoms with E-state index in [1.54, 1.807) is 0 Å². The molecule has 0 saturated heterocycles. The van der Waals surface area contributed by atoms with E-state index >= 15 is 0 Å². The molecule has 0 amide bonds. The van der Waals surface area contributed by atoms with E-state index in [-0.39, 0.29) is 5.41 Å². The van der Waals surface area contributed by atoms with E-state index in [0.29, 0.717) is 0 Å². The van der Waals surface area contributed by atoms with Gasteiger partial charge in [-0.1, -0.05) is 135 Å². The van der Waals surface area contributed by atoms with Gasteiger partial charge >= 0.3 is 0 Å². The number of allylic oxidation sites excluding steroid dienone is 4. The fourth-order valence-corrected chi connectivity index (χ4v) is 8.07. The third-order valence-corrected chi connectivity index (χ3v) is 9.94. The Balaban J connectivity index is 1.42. The van der Waals surface area contributed by atoms with Gasteiger partial charge in [0.25, 0.3) is 0 Å². The number of hydrogen-bond acceptors (Lipinski definition) is 1. The lowest BCUT2D eigenvalue weighted by Gasteiger charge is -2.46. The zero-order chi connectivity index (χ0) is 28.5. The molecule has 202 valence electrons. The van der Waals surface area contributed by atoms with Gasteiger partial charge in [-0.15, -0.1) is 0 Å². The fourth-order valence-electron chi connectivity index (χ4n) is 8.07. The van der Waals surface area contributed by atoms with Crippen molar-refractivity contribution in [1.82, 2.24) is 0 Å². The molecule has 5 aromatic carbocycles. The molecule has 0 saturated carbocycles. The SMILES string of the molecule is CC1(C)c2ccccc2C2(c3ccc(C4=CC(c5ccccc5)=CCC4)cc3-c3c(C=N)cccc32)c2ccccc21. The van der Waals surface area contributed by atoms with E-state index in [2.05, 4.69) is 141 Å². The lowest BCUT2D eigenvalue weighted by molar-refractivity contribution is 0.563. The third-order valence-electron chi connectivity index (χ3n) is 9.94. The van der Waals surface area contributed by atoms with E-state index in [0.717, 1.165) is 18.4 Å². The summed E-state index contributed by atoms with van der Waals surface area (Å²) >= 11 is 0. The summed E-state index contributed by atoms with van der Waals surface area (Å²) in [5, 5.41) is 8.44. The van der Waals surface area contributed by atoms with E-state index < -0.39 is 5.41 Å². The normalized spacial score (nSPS) is 16.9. The molecule has 8 rings (SSSR count). The van der Waals surface area contributed by atoms with Crippen molar-refractivity contribution < 1.29 is 0 Å². The molecule has 0 aromatic heterocycles. The highest BCUT2D eigenvalue weighted by atomic mass is 14.5. The Kier molecular flexibility index (Phi) is 5.43. The molecule has 0 unspecified atom stereocenters. The smallest absolute Gasteiger partial charge is 0.0719 e. The first kappa shape index (κ1) is 25.0. The number of fused-ring (bicyclic) bond motifs is 9. The minimum absolute atomic E-state index is 0.118. The molecule has 0 fully saturated rings. The molecule has 3 aliphatic carbocycles. The summed E-state index contributed by atoms with van der Waals surface area (Å²) in [7, 11) is 0. The van der Waals surface area contributed by atoms with Crippen LogP contribution in [0.3, 0.4) is 0 Å². The van der Waals surface area contributed by atoms with E-state index in [9.17, 15) is 0 Å². The highest BCUT2D eigenvalue weighted by molar-refractivity contribution is 5.99. The van der Waals surface area contributed by atoms with E-state index in [4.69, 9.17) is 5.41 Å². The Morgan fingerprint density at radius 3 is 1.95 bits per heavy atom. The second kappa shape index (κ2) is 9.13. The van der Waals surface area contributed by atoms with Gasteiger partial charge in [0.1, 0.15) is 0 Å². The van der Waals surface area contributed by atoms with Gasteiger partial charge in [-0.2, -0.15) is 0 Å². The van der Waals surface area contributed by atoms with Gasteiger partial charge < -0.3 is 5.41 Å². The molecule has 0 radical (unpaired) electrons. The summed E-state index contributed by atoms with van der Waals surface area (Å²) in [5.74, 6) is 0. The largest absolute Gasteiger partial charge is 0.308 e. The molecular formula is C41H33N. The van der Waals surface area contributed by atoms with Crippen molar-refractivity contribution in [3.8, 4) is 11.1 Å². The Morgan fingerprint density at radius 2 is 1.26 bits per heavy atom. The first-order valence-corrected chi connectivity index (χ1v) is 15.0. The summed E-state index contributed by atoms with van der Waals surface area (Å²) in [5.41, 5.74) is 16.2. The zero-order valence-electron chi connectivity index (χ0n) is 24.1. The number of benzene rings is 5. The topological polar surface area (TPSA) is 23.9 Å². The van der Waals surface area contributed by atoms with Crippen LogP contribution in [0.2, 0.25) is 0 Å². The van der Waals surface area contributed by atoms with Gasteiger partial charge in [0.15, 0.2) is 0 Å². The number of rotatable bonds is 3. The highest BCUT2D eigenvalue weighted by Crippen LogP contribution is 2.62. The summed E-state index contributed by atoms with van der Waals surface area (Å²) < 4.78 is 0. The molecule has 0 aliphatic heterocycles. The average molecular weight is 540 g/mol. The molecule has 1 nitrogen and oxygen atoms in total. The van der Waals surface area contributed by atoms with Crippen molar-refractivity contribution in [3.05, 3.63) is 177 Å². The van der Waals surface area contributed by atoms with Crippen LogP contribution in [0.1, 0.15) is 76.8 Å². The van der Waals surface area contributed by atoms with Crippen LogP contribution < -0.4 is 0 Å². The minimum Gasteiger partial charge on any atom is -0.308 e. The molecule has 0 bridgehead atoms. The summed E-state index contributed by atoms with van der Waals surface area (Å²) in [6, 6.07) is 42.5. The van der Waals surface area contributed by atoms with Crippen molar-refractivity contribution in [1.29, 1.82) is 5.41 Å². The Bertz CT molecular complexity index is 1920. The predicted molar refractivity (Wildman–Crippen MR) is 175 cm³/mol. The highest BCUT2D eigenvalue weighted by Gasteiger charge is 2.53. The molecule has 1 spiro atoms. The van der Waals surface area contributed by atoms with Gasteiger partial charge in [-0.05, 0) is 85.7 Å². The van der Waals surface area contributed by atoms with E-state index in [1.165, 1.54) is 73.0 Å². The molecular weight excluding hydrogens is 506 g/mol. The molecule has 0 heterocycles. The Hall–Kier alpha value is -4.75. The first-order valence-electron chi connectivity index (χ1n) is 15.0. The predicted octanol–water partition coefficient (Wildman–Crippen LogP) is 9.95. The molecule has 3 aliphatic rings. The van der Waals surface area contributed by atoms with Crippen LogP contribution in [-0.4, -0.2) is 6.21 Å². The Morgan fingerprint density at radius 1 is 0.619 bits per heavy atom. The zero-order valence-corrected chi connectivity index (χ0v) is 24.1. The van der Waals surface area contributed by atoms with Crippen LogP contribution in [0, 0.1) is 5.41 Å². The van der Waals surface area contributed by atoms with Gasteiger partial charge in [0, 0.05) is 17.2 Å². The van der Waals surface area contributed by atoms with Crippen LogP contribution in [0.5, 0.6) is 0 Å². The maximum Gasteiger partial charge on any atom is 0.0719 e. The standard InChI is InChI=1S/C41H33N/c1-40(2)34-17-6-8-19-36(34)41(37-20-9-7-18-35(37)40)33-23-22-30(25-32(33)39-31(26-42)16-11-21-38(39)41)29-15-10-14-28(24-29)27-12-4-3-5-13-27/h3-9,11-14,16-26,42H,10,15H2,1-2H3. The van der Waals surface area contributed by atoms with Gasteiger partial charge in [0.05, 0.1) is 5.41 Å². The second-order valence-corrected chi connectivity index (χ2v) is 12.4. The fraction of sp³-hybridized carbons (Fsp3) is 0.146. The van der Waals surface area contributed by atoms with Crippen LogP contribution in [0.4, 0.5) is 0 Å². The molecule has 5 aromatic rings. The third kappa shape index (κ3) is 3.28. The second-order valence-electron chi connectivity index (χ2n) is 12.4. The van der Waals surface area contributed by atoms with Crippen molar-refractivity contribution in [3.63, 3.8) is 0 Å². The van der Waals surface area contributed by atoms with Crippen molar-refractivity contribution in [2.75, 3.05) is 0 Å². The van der Waals surface area contributed by atoms with Crippen LogP contribution in [0.25, 0.3) is 22.3 Å². The van der Waals surface area contributed by atoms with Gasteiger partial charge in [-0.25, -0.2) is 0 Å². The van der Waals surface area contributed by atoms with E-state index in [1.807, 2.05) is 0 Å². The van der Waals surface area contributed by atoms with Gasteiger partial charge in [0.2, 0.25) is 0 Å². The minimum atomic E-state index is -0.430. The Labute approximate surface area is 248 Å². The summed E-state index contributed by atoms with van der Waals surface area (Å²) in [6.45, 7) is 4.72. The lowest BCUT2D eigenvalue weighted by atomic mass is 9.55. The van der Waals surface area contributed by atoms with Gasteiger partial charge in [-0.3, -0.25) is 0 Å². The maximum atomic E-state index is 8.44. The van der Waals surface area contributed by atoms with Crippen LogP contribution >= 0.6 is 0 Å². The molecule has 42 heavy (non-hydrogen) atoms. The maximum absolute atomic E-state index is 8.44. The molecule has 1 heteroatoms. The molecule has 1 N–H and O–H groups in total. The van der Waals surface area contributed by atoms with Crippen LogP contribution in [-0.2, 0) is 10.8 Å². The monoisotopic (exact) mass is 539 g/mol. The first-order chi connectivity index (χ1) is 20.5. The van der Waals surface area contributed by atoms with Crippen molar-refractivity contribution in [2.45, 2.75) is 37.5 Å². The number of nitrogens with one attached hydrogen (secondary N) is 1.